The van der Waals surface area contributed by atoms with Gasteiger partial charge < -0.3 is 44.1 Å². The molecule has 45 heavy (non-hydrogen) atoms. The maximum atomic E-state index is 11.9. The highest BCUT2D eigenvalue weighted by molar-refractivity contribution is 5.87. The predicted molar refractivity (Wildman–Crippen MR) is 164 cm³/mol. The van der Waals surface area contributed by atoms with Crippen LogP contribution in [0.3, 0.4) is 0 Å². The quantitative estimate of drug-likeness (QED) is 0.177. The highest BCUT2D eigenvalue weighted by Crippen LogP contribution is 2.58. The van der Waals surface area contributed by atoms with Gasteiger partial charge in [-0.25, -0.2) is 4.79 Å². The fourth-order valence-electron chi connectivity index (χ4n) is 7.75. The van der Waals surface area contributed by atoms with E-state index in [0.717, 1.165) is 34.3 Å². The lowest BCUT2D eigenvalue weighted by atomic mass is 9.54. The molecule has 2 aromatic carbocycles. The second kappa shape index (κ2) is 13.5. The van der Waals surface area contributed by atoms with Gasteiger partial charge in [0.05, 0.1) is 20.8 Å². The minimum atomic E-state index is -1.52. The summed E-state index contributed by atoms with van der Waals surface area (Å²) in [5.74, 6) is 4.25. The SMILES string of the molecule is COC(=O)/C=C/c1ccc(C(OC)=C2C3CC4CC(C3)CC2C4)cc1OCc1ccc(O[C@@H]2OC(CO)[C@H](O)C(O)[C@@H]2O)cc1. The van der Waals surface area contributed by atoms with E-state index in [-0.39, 0.29) is 6.61 Å². The van der Waals surface area contributed by atoms with Crippen molar-refractivity contribution < 1.29 is 48.9 Å². The van der Waals surface area contributed by atoms with Gasteiger partial charge in [0.2, 0.25) is 6.29 Å². The lowest BCUT2D eigenvalue weighted by Gasteiger charge is -2.51. The van der Waals surface area contributed by atoms with Crippen LogP contribution in [0.1, 0.15) is 48.8 Å². The molecule has 10 nitrogen and oxygen atoms in total. The molecule has 4 aliphatic carbocycles. The topological polar surface area (TPSA) is 144 Å². The molecule has 4 N–H and O–H groups in total. The van der Waals surface area contributed by atoms with E-state index in [9.17, 15) is 25.2 Å². The molecule has 1 aliphatic heterocycles. The highest BCUT2D eigenvalue weighted by atomic mass is 16.7. The van der Waals surface area contributed by atoms with E-state index in [4.69, 9.17) is 23.7 Å². The molecule has 0 amide bonds. The second-order valence-corrected chi connectivity index (χ2v) is 12.6. The van der Waals surface area contributed by atoms with Crippen molar-refractivity contribution >= 4 is 17.8 Å². The van der Waals surface area contributed by atoms with Gasteiger partial charge in [0, 0.05) is 17.2 Å². The van der Waals surface area contributed by atoms with Crippen LogP contribution >= 0.6 is 0 Å². The fraction of sp³-hybridized carbons (Fsp3) is 0.514. The number of carbonyl (C=O) groups excluding carboxylic acids is 1. The number of methoxy groups -OCH3 is 2. The maximum Gasteiger partial charge on any atom is 0.330 e. The van der Waals surface area contributed by atoms with Crippen LogP contribution in [0.25, 0.3) is 11.8 Å². The van der Waals surface area contributed by atoms with Crippen molar-refractivity contribution in [2.24, 2.45) is 23.7 Å². The summed E-state index contributed by atoms with van der Waals surface area (Å²) in [5, 5.41) is 39.7. The third-order valence-electron chi connectivity index (χ3n) is 9.78. The molecule has 0 spiro atoms. The standard InChI is InChI=1S/C35H42O10/c1-41-29(37)10-7-22-5-6-23(34(42-2)30-24-12-20-11-21(14-24)15-25(30)13-20)16-27(22)43-18-19-3-8-26(9-4-19)44-35-33(40)32(39)31(38)28(17-36)45-35/h3-10,16,20-21,24-25,28,31-33,35-36,38-40H,11-15,17-18H2,1-2H3/b10-7+,34-30?/t20?,21?,24?,25?,28?,31-,32?,33-,35+/m0/s1. The summed E-state index contributed by atoms with van der Waals surface area (Å²) in [4.78, 5) is 11.9. The van der Waals surface area contributed by atoms with Gasteiger partial charge in [-0.05, 0) is 91.2 Å². The van der Waals surface area contributed by atoms with E-state index >= 15 is 0 Å². The smallest absolute Gasteiger partial charge is 0.330 e. The van der Waals surface area contributed by atoms with Gasteiger partial charge in [-0.15, -0.1) is 0 Å². The van der Waals surface area contributed by atoms with Crippen molar-refractivity contribution in [3.8, 4) is 11.5 Å². The van der Waals surface area contributed by atoms with Crippen LogP contribution < -0.4 is 9.47 Å². The van der Waals surface area contributed by atoms with Crippen molar-refractivity contribution in [3.05, 3.63) is 70.8 Å². The number of allylic oxidation sites excluding steroid dienone is 1. The molecule has 5 atom stereocenters. The molecular formula is C35H42O10. The first-order chi connectivity index (χ1) is 21.8. The van der Waals surface area contributed by atoms with Crippen molar-refractivity contribution in [2.75, 3.05) is 20.8 Å². The first-order valence-electron chi connectivity index (χ1n) is 15.6. The molecule has 10 heteroatoms. The summed E-state index contributed by atoms with van der Waals surface area (Å²) in [6, 6.07) is 12.9. The average molecular weight is 623 g/mol. The van der Waals surface area contributed by atoms with Crippen molar-refractivity contribution in [1.29, 1.82) is 0 Å². The third kappa shape index (κ3) is 6.62. The molecule has 4 saturated carbocycles. The van der Waals surface area contributed by atoms with E-state index in [1.165, 1.54) is 50.9 Å². The monoisotopic (exact) mass is 622 g/mol. The highest BCUT2D eigenvalue weighted by Gasteiger charge is 2.47. The minimum Gasteiger partial charge on any atom is -0.496 e. The summed E-state index contributed by atoms with van der Waals surface area (Å²) in [6.07, 6.45) is 2.58. The Morgan fingerprint density at radius 3 is 2.20 bits per heavy atom. The predicted octanol–water partition coefficient (Wildman–Crippen LogP) is 3.44. The van der Waals surface area contributed by atoms with Gasteiger partial charge in [-0.2, -0.15) is 0 Å². The number of rotatable bonds is 10. The van der Waals surface area contributed by atoms with Gasteiger partial charge in [0.15, 0.2) is 0 Å². The van der Waals surface area contributed by atoms with E-state index in [2.05, 4.69) is 0 Å². The third-order valence-corrected chi connectivity index (χ3v) is 9.78. The number of carbonyl (C=O) groups is 1. The lowest BCUT2D eigenvalue weighted by molar-refractivity contribution is -0.277. The van der Waals surface area contributed by atoms with Gasteiger partial charge in [-0.1, -0.05) is 24.3 Å². The van der Waals surface area contributed by atoms with Crippen LogP contribution in [-0.4, -0.2) is 77.9 Å². The molecule has 4 bridgehead atoms. The number of ether oxygens (including phenoxy) is 5. The zero-order chi connectivity index (χ0) is 31.7. The number of aliphatic hydroxyl groups is 4. The Morgan fingerprint density at radius 2 is 1.58 bits per heavy atom. The Bertz CT molecular complexity index is 1380. The molecule has 0 aromatic heterocycles. The Kier molecular flexibility index (Phi) is 9.49. The van der Waals surface area contributed by atoms with Crippen LogP contribution in [0.5, 0.6) is 11.5 Å². The summed E-state index contributed by atoms with van der Waals surface area (Å²) < 4.78 is 28.3. The van der Waals surface area contributed by atoms with Crippen LogP contribution in [0.4, 0.5) is 0 Å². The Morgan fingerprint density at radius 1 is 0.889 bits per heavy atom. The van der Waals surface area contributed by atoms with Gasteiger partial charge in [0.25, 0.3) is 0 Å². The molecule has 5 aliphatic rings. The molecular weight excluding hydrogens is 580 g/mol. The first kappa shape index (κ1) is 31.6. The van der Waals surface area contributed by atoms with E-state index in [1.807, 2.05) is 18.2 Å². The average Bonchev–Trinajstić information content (AvgIpc) is 3.05. The van der Waals surface area contributed by atoms with E-state index < -0.39 is 43.3 Å². The number of aliphatic hydroxyl groups excluding tert-OH is 4. The number of esters is 1. The van der Waals surface area contributed by atoms with Crippen LogP contribution in [0.15, 0.2) is 54.1 Å². The first-order valence-corrected chi connectivity index (χ1v) is 15.6. The van der Waals surface area contributed by atoms with Crippen LogP contribution in [0, 0.1) is 23.7 Å². The maximum absolute atomic E-state index is 11.9. The molecule has 7 rings (SSSR count). The van der Waals surface area contributed by atoms with Crippen LogP contribution in [-0.2, 0) is 25.6 Å². The van der Waals surface area contributed by atoms with E-state index in [1.54, 1.807) is 37.5 Å². The van der Waals surface area contributed by atoms with Crippen molar-refractivity contribution in [2.45, 2.75) is 69.4 Å². The summed E-state index contributed by atoms with van der Waals surface area (Å²) in [5.41, 5.74) is 3.95. The number of hydrogen-bond acceptors (Lipinski definition) is 10. The Balaban J connectivity index is 1.20. The molecule has 1 heterocycles. The Hall–Kier alpha value is -3.41. The zero-order valence-electron chi connectivity index (χ0n) is 25.6. The Labute approximate surface area is 262 Å². The molecule has 5 fully saturated rings. The fourth-order valence-corrected chi connectivity index (χ4v) is 7.75. The number of hydrogen-bond donors (Lipinski definition) is 4. The van der Waals surface area contributed by atoms with Crippen LogP contribution in [0.2, 0.25) is 0 Å². The van der Waals surface area contributed by atoms with Gasteiger partial charge in [0.1, 0.15) is 48.3 Å². The number of benzene rings is 2. The molecule has 242 valence electrons. The van der Waals surface area contributed by atoms with E-state index in [0.29, 0.717) is 23.3 Å². The second-order valence-electron chi connectivity index (χ2n) is 12.6. The summed E-state index contributed by atoms with van der Waals surface area (Å²) >= 11 is 0. The molecule has 2 aromatic rings. The summed E-state index contributed by atoms with van der Waals surface area (Å²) in [7, 11) is 3.08. The molecule has 1 saturated heterocycles. The zero-order valence-corrected chi connectivity index (χ0v) is 25.6. The van der Waals surface area contributed by atoms with Crippen molar-refractivity contribution in [1.82, 2.24) is 0 Å². The van der Waals surface area contributed by atoms with Gasteiger partial charge in [-0.3, -0.25) is 0 Å². The lowest BCUT2D eigenvalue weighted by Crippen LogP contribution is -2.60. The minimum absolute atomic E-state index is 0.219. The largest absolute Gasteiger partial charge is 0.496 e. The molecule has 2 unspecified atom stereocenters. The van der Waals surface area contributed by atoms with Crippen molar-refractivity contribution in [3.63, 3.8) is 0 Å². The summed E-state index contributed by atoms with van der Waals surface area (Å²) in [6.45, 7) is -0.319. The normalized spacial score (nSPS) is 32.0. The van der Waals surface area contributed by atoms with Gasteiger partial charge >= 0.3 is 5.97 Å². The molecule has 0 radical (unpaired) electrons.